The summed E-state index contributed by atoms with van der Waals surface area (Å²) < 4.78 is 3.22. The first-order valence-electron chi connectivity index (χ1n) is 9.40. The molecule has 0 saturated heterocycles. The summed E-state index contributed by atoms with van der Waals surface area (Å²) in [6.07, 6.45) is 8.41. The number of rotatable bonds is 6. The number of nitrogens with zero attached hydrogens (tertiary/aromatic N) is 4. The van der Waals surface area contributed by atoms with Gasteiger partial charge in [0.15, 0.2) is 16.8 Å². The van der Waals surface area contributed by atoms with E-state index in [2.05, 4.69) is 42.6 Å². The minimum Gasteiger partial charge on any atom is -0.299 e. The Hall–Kier alpha value is -1.51. The van der Waals surface area contributed by atoms with Crippen molar-refractivity contribution in [3.05, 3.63) is 45.3 Å². The van der Waals surface area contributed by atoms with Crippen LogP contribution in [-0.4, -0.2) is 31.3 Å². The molecule has 1 fully saturated rings. The van der Waals surface area contributed by atoms with E-state index >= 15 is 0 Å². The van der Waals surface area contributed by atoms with Crippen LogP contribution in [0.5, 0.6) is 0 Å². The first-order chi connectivity index (χ1) is 13.6. The summed E-state index contributed by atoms with van der Waals surface area (Å²) in [7, 11) is 0. The van der Waals surface area contributed by atoms with Crippen molar-refractivity contribution in [1.29, 1.82) is 0 Å². The highest BCUT2D eigenvalue weighted by Gasteiger charge is 2.29. The number of halogens is 1. The van der Waals surface area contributed by atoms with Gasteiger partial charge in [0.2, 0.25) is 0 Å². The molecule has 28 heavy (non-hydrogen) atoms. The Morgan fingerprint density at radius 1 is 1.29 bits per heavy atom. The second kappa shape index (κ2) is 8.88. The molecule has 0 amide bonds. The maximum Gasteiger partial charge on any atom is 0.192 e. The van der Waals surface area contributed by atoms with E-state index in [1.54, 1.807) is 6.20 Å². The molecule has 3 aromatic heterocycles. The van der Waals surface area contributed by atoms with Gasteiger partial charge in [0.1, 0.15) is 0 Å². The maximum absolute atomic E-state index is 12.6. The van der Waals surface area contributed by atoms with Crippen LogP contribution >= 0.6 is 39.0 Å². The fourth-order valence-electron chi connectivity index (χ4n) is 3.71. The van der Waals surface area contributed by atoms with Crippen LogP contribution < -0.4 is 0 Å². The van der Waals surface area contributed by atoms with Crippen LogP contribution in [0.4, 0.5) is 0 Å². The Labute approximate surface area is 181 Å². The lowest BCUT2D eigenvalue weighted by Crippen LogP contribution is -2.22. The van der Waals surface area contributed by atoms with Gasteiger partial charge in [-0.25, -0.2) is 0 Å². The molecule has 0 radical (unpaired) electrons. The van der Waals surface area contributed by atoms with Crippen molar-refractivity contribution >= 4 is 44.8 Å². The molecular weight excluding hydrogens is 456 g/mol. The number of thiophene rings is 1. The number of hydrogen-bond acceptors (Lipinski definition) is 6. The van der Waals surface area contributed by atoms with E-state index in [1.807, 2.05) is 30.5 Å². The van der Waals surface area contributed by atoms with Gasteiger partial charge in [-0.3, -0.25) is 14.3 Å². The van der Waals surface area contributed by atoms with E-state index in [1.165, 1.54) is 42.4 Å². The summed E-state index contributed by atoms with van der Waals surface area (Å²) in [6, 6.07) is 8.07. The molecule has 5 nitrogen and oxygen atoms in total. The largest absolute Gasteiger partial charge is 0.299 e. The first kappa shape index (κ1) is 19.8. The lowest BCUT2D eigenvalue weighted by molar-refractivity contribution is 0.102. The number of pyridine rings is 1. The Balaban J connectivity index is 1.63. The van der Waals surface area contributed by atoms with Gasteiger partial charge < -0.3 is 0 Å². The van der Waals surface area contributed by atoms with Crippen LogP contribution in [0.3, 0.4) is 0 Å². The van der Waals surface area contributed by atoms with Crippen molar-refractivity contribution in [3.8, 4) is 11.4 Å². The number of hydrogen-bond donors (Lipinski definition) is 0. The van der Waals surface area contributed by atoms with Crippen molar-refractivity contribution in [2.75, 3.05) is 5.75 Å². The Morgan fingerprint density at radius 3 is 2.86 bits per heavy atom. The Morgan fingerprint density at radius 2 is 2.14 bits per heavy atom. The molecule has 146 valence electrons. The first-order valence-corrected chi connectivity index (χ1v) is 12.0. The predicted octanol–water partition coefficient (Wildman–Crippen LogP) is 5.89. The predicted molar refractivity (Wildman–Crippen MR) is 117 cm³/mol. The monoisotopic (exact) mass is 476 g/mol. The van der Waals surface area contributed by atoms with E-state index in [4.69, 9.17) is 0 Å². The van der Waals surface area contributed by atoms with Crippen molar-refractivity contribution in [2.24, 2.45) is 5.92 Å². The van der Waals surface area contributed by atoms with Crippen LogP contribution in [0.2, 0.25) is 0 Å². The average molecular weight is 477 g/mol. The molecule has 8 heteroatoms. The molecule has 3 heterocycles. The Kier molecular flexibility index (Phi) is 6.28. The fraction of sp³-hybridized carbons (Fsp3) is 0.400. The van der Waals surface area contributed by atoms with Crippen LogP contribution in [0.15, 0.2) is 45.6 Å². The molecule has 1 aliphatic carbocycles. The molecule has 3 aromatic rings. The van der Waals surface area contributed by atoms with Gasteiger partial charge in [0.05, 0.1) is 14.4 Å². The highest BCUT2D eigenvalue weighted by molar-refractivity contribution is 9.11. The molecule has 1 saturated carbocycles. The third-order valence-electron chi connectivity index (χ3n) is 5.16. The zero-order chi connectivity index (χ0) is 19.5. The summed E-state index contributed by atoms with van der Waals surface area (Å²) in [5.41, 5.74) is 0.966. The molecule has 0 spiro atoms. The van der Waals surface area contributed by atoms with Gasteiger partial charge in [0.25, 0.3) is 0 Å². The van der Waals surface area contributed by atoms with Crippen molar-refractivity contribution < 1.29 is 4.79 Å². The van der Waals surface area contributed by atoms with E-state index in [9.17, 15) is 4.79 Å². The molecule has 0 aromatic carbocycles. The molecule has 1 aliphatic rings. The van der Waals surface area contributed by atoms with Crippen LogP contribution in [-0.2, 0) is 0 Å². The summed E-state index contributed by atoms with van der Waals surface area (Å²) >= 11 is 6.37. The number of Topliss-reactive ketones (excluding diaryl/α,β-unsaturated/α-hetero) is 1. The molecule has 2 unspecified atom stereocenters. The van der Waals surface area contributed by atoms with Crippen molar-refractivity contribution in [2.45, 2.75) is 43.8 Å². The zero-order valence-corrected chi connectivity index (χ0v) is 18.8. The number of thioether (sulfide) groups is 1. The van der Waals surface area contributed by atoms with Gasteiger partial charge in [-0.05, 0) is 59.0 Å². The maximum atomic E-state index is 12.6. The van der Waals surface area contributed by atoms with E-state index in [-0.39, 0.29) is 5.78 Å². The minimum atomic E-state index is 0.120. The third-order valence-corrected chi connectivity index (χ3v) is 7.77. The van der Waals surface area contributed by atoms with Gasteiger partial charge in [-0.2, -0.15) is 0 Å². The lowest BCUT2D eigenvalue weighted by atomic mass is 9.85. The van der Waals surface area contributed by atoms with E-state index < -0.39 is 0 Å². The topological polar surface area (TPSA) is 60.7 Å². The van der Waals surface area contributed by atoms with E-state index in [0.29, 0.717) is 17.7 Å². The summed E-state index contributed by atoms with van der Waals surface area (Å²) in [5.74, 6) is 1.89. The molecular formula is C20H21BrN4OS2. The molecule has 2 atom stereocenters. The van der Waals surface area contributed by atoms with Crippen molar-refractivity contribution in [1.82, 2.24) is 19.7 Å². The quantitative estimate of drug-likeness (QED) is 0.327. The molecule has 0 N–H and O–H groups in total. The summed E-state index contributed by atoms with van der Waals surface area (Å²) in [5, 5.41) is 9.77. The fourth-order valence-corrected chi connectivity index (χ4v) is 6.00. The number of ketones is 1. The zero-order valence-electron chi connectivity index (χ0n) is 15.5. The van der Waals surface area contributed by atoms with Crippen LogP contribution in [0.1, 0.15) is 48.3 Å². The highest BCUT2D eigenvalue weighted by Crippen LogP contribution is 2.39. The second-order valence-electron chi connectivity index (χ2n) is 7.06. The minimum absolute atomic E-state index is 0.120. The van der Waals surface area contributed by atoms with Crippen LogP contribution in [0.25, 0.3) is 11.4 Å². The number of carbonyl (C=O) groups is 1. The SMILES string of the molecule is CC1CCCCC1n1c(SCC(=O)c2ccc(Br)s2)nnc1-c1cccnc1. The van der Waals surface area contributed by atoms with Gasteiger partial charge in [-0.15, -0.1) is 21.5 Å². The Bertz CT molecular complexity index is 956. The molecule has 4 rings (SSSR count). The number of carbonyl (C=O) groups excluding carboxylic acids is 1. The summed E-state index contributed by atoms with van der Waals surface area (Å²) in [4.78, 5) is 17.6. The smallest absolute Gasteiger partial charge is 0.192 e. The normalized spacial score (nSPS) is 19.6. The van der Waals surface area contributed by atoms with Crippen molar-refractivity contribution in [3.63, 3.8) is 0 Å². The third kappa shape index (κ3) is 4.23. The molecule has 0 aliphatic heterocycles. The average Bonchev–Trinajstić information content (AvgIpc) is 3.33. The highest BCUT2D eigenvalue weighted by atomic mass is 79.9. The van der Waals surface area contributed by atoms with Crippen LogP contribution in [0, 0.1) is 5.92 Å². The number of aromatic nitrogens is 4. The van der Waals surface area contributed by atoms with Gasteiger partial charge in [0, 0.05) is 24.0 Å². The standard InChI is InChI=1S/C20H21BrN4OS2/c1-13-5-2-3-7-15(13)25-19(14-6-4-10-22-11-14)23-24-20(25)27-12-16(26)17-8-9-18(21)28-17/h4,6,8-11,13,15H,2-3,5,7,12H2,1H3. The summed E-state index contributed by atoms with van der Waals surface area (Å²) in [6.45, 7) is 2.31. The molecule has 0 bridgehead atoms. The van der Waals surface area contributed by atoms with Gasteiger partial charge in [-0.1, -0.05) is 31.5 Å². The van der Waals surface area contributed by atoms with E-state index in [0.717, 1.165) is 31.6 Å². The second-order valence-corrected chi connectivity index (χ2v) is 10.5. The lowest BCUT2D eigenvalue weighted by Gasteiger charge is -2.31. The van der Waals surface area contributed by atoms with Gasteiger partial charge >= 0.3 is 0 Å².